The predicted molar refractivity (Wildman–Crippen MR) is 104 cm³/mol. The zero-order valence-electron chi connectivity index (χ0n) is 16.0. The Hall–Kier alpha value is -2.14. The first-order chi connectivity index (χ1) is 12.5. The van der Waals surface area contributed by atoms with E-state index in [0.717, 1.165) is 37.0 Å². The number of piperidine rings is 1. The number of nitrogens with zero attached hydrogens (tertiary/aromatic N) is 3. The summed E-state index contributed by atoms with van der Waals surface area (Å²) in [6.45, 7) is 9.84. The first kappa shape index (κ1) is 18.6. The molecular formula is C21H30N4O. The molecule has 0 spiro atoms. The molecule has 3 rings (SSSR count). The van der Waals surface area contributed by atoms with Crippen LogP contribution in [0.2, 0.25) is 0 Å². The third-order valence-electron chi connectivity index (χ3n) is 5.02. The number of carbonyl (C=O) groups is 1. The average molecular weight is 354 g/mol. The Morgan fingerprint density at radius 3 is 2.50 bits per heavy atom. The minimum Gasteiger partial charge on any atom is -0.350 e. The van der Waals surface area contributed by atoms with Crippen molar-refractivity contribution in [2.24, 2.45) is 11.8 Å². The van der Waals surface area contributed by atoms with Crippen LogP contribution in [0, 0.1) is 11.8 Å². The van der Waals surface area contributed by atoms with Crippen molar-refractivity contribution in [1.82, 2.24) is 20.0 Å². The van der Waals surface area contributed by atoms with Gasteiger partial charge in [-0.05, 0) is 36.8 Å². The van der Waals surface area contributed by atoms with Crippen molar-refractivity contribution in [1.29, 1.82) is 0 Å². The fraction of sp³-hybridized carbons (Fsp3) is 0.524. The van der Waals surface area contributed by atoms with E-state index in [0.29, 0.717) is 0 Å². The molecule has 4 unspecified atom stereocenters. The number of benzene rings is 1. The van der Waals surface area contributed by atoms with Gasteiger partial charge in [0.05, 0.1) is 0 Å². The summed E-state index contributed by atoms with van der Waals surface area (Å²) in [5, 5.41) is 7.50. The first-order valence-electron chi connectivity index (χ1n) is 9.59. The van der Waals surface area contributed by atoms with Gasteiger partial charge in [0.2, 0.25) is 5.91 Å². The van der Waals surface area contributed by atoms with E-state index in [1.807, 2.05) is 42.6 Å². The number of aromatic nitrogens is 2. The molecule has 1 amide bonds. The predicted octanol–water partition coefficient (Wildman–Crippen LogP) is 2.96. The summed E-state index contributed by atoms with van der Waals surface area (Å²) in [7, 11) is 0. The molecular weight excluding hydrogens is 324 g/mol. The summed E-state index contributed by atoms with van der Waals surface area (Å²) in [4.78, 5) is 15.5. The highest BCUT2D eigenvalue weighted by molar-refractivity contribution is 5.83. The number of amides is 1. The number of carbonyl (C=O) groups excluding carboxylic acids is 1. The lowest BCUT2D eigenvalue weighted by Crippen LogP contribution is -2.48. The van der Waals surface area contributed by atoms with Gasteiger partial charge in [-0.25, -0.2) is 0 Å². The minimum atomic E-state index is -0.437. The minimum absolute atomic E-state index is 0.00879. The van der Waals surface area contributed by atoms with Crippen molar-refractivity contribution < 1.29 is 4.79 Å². The van der Waals surface area contributed by atoms with Gasteiger partial charge in [0.1, 0.15) is 0 Å². The molecule has 2 aromatic rings. The molecule has 140 valence electrons. The SMILES string of the molecule is CC1CC(C)CN(CC(C)NC(=O)C(c2ccccc2)n2cccn2)C1. The molecule has 0 saturated carbocycles. The summed E-state index contributed by atoms with van der Waals surface area (Å²) in [6.07, 6.45) is 4.85. The highest BCUT2D eigenvalue weighted by Gasteiger charge is 2.26. The molecule has 1 aliphatic rings. The maximum absolute atomic E-state index is 13.0. The summed E-state index contributed by atoms with van der Waals surface area (Å²) >= 11 is 0. The lowest BCUT2D eigenvalue weighted by Gasteiger charge is -2.36. The van der Waals surface area contributed by atoms with Gasteiger partial charge in [-0.3, -0.25) is 9.48 Å². The number of hydrogen-bond acceptors (Lipinski definition) is 3. The molecule has 1 aromatic carbocycles. The molecule has 0 radical (unpaired) electrons. The molecule has 0 bridgehead atoms. The quantitative estimate of drug-likeness (QED) is 0.868. The molecule has 0 aliphatic carbocycles. The highest BCUT2D eigenvalue weighted by atomic mass is 16.2. The summed E-state index contributed by atoms with van der Waals surface area (Å²) in [5.41, 5.74) is 0.945. The van der Waals surface area contributed by atoms with E-state index in [1.165, 1.54) is 6.42 Å². The summed E-state index contributed by atoms with van der Waals surface area (Å²) in [6, 6.07) is 11.3. The van der Waals surface area contributed by atoms with Gasteiger partial charge in [-0.2, -0.15) is 5.10 Å². The van der Waals surface area contributed by atoms with Gasteiger partial charge in [-0.15, -0.1) is 0 Å². The van der Waals surface area contributed by atoms with Gasteiger partial charge in [0.25, 0.3) is 0 Å². The molecule has 5 heteroatoms. The van der Waals surface area contributed by atoms with Crippen LogP contribution in [0.25, 0.3) is 0 Å². The van der Waals surface area contributed by atoms with E-state index in [2.05, 4.69) is 36.1 Å². The van der Waals surface area contributed by atoms with E-state index in [-0.39, 0.29) is 11.9 Å². The van der Waals surface area contributed by atoms with Gasteiger partial charge >= 0.3 is 0 Å². The van der Waals surface area contributed by atoms with Gasteiger partial charge in [-0.1, -0.05) is 44.2 Å². The fourth-order valence-corrected chi connectivity index (χ4v) is 4.19. The van der Waals surface area contributed by atoms with Crippen molar-refractivity contribution in [3.63, 3.8) is 0 Å². The first-order valence-corrected chi connectivity index (χ1v) is 9.59. The Morgan fingerprint density at radius 1 is 1.19 bits per heavy atom. The monoisotopic (exact) mass is 354 g/mol. The second-order valence-electron chi connectivity index (χ2n) is 7.87. The van der Waals surface area contributed by atoms with Crippen molar-refractivity contribution in [3.8, 4) is 0 Å². The second-order valence-corrected chi connectivity index (χ2v) is 7.87. The molecule has 1 N–H and O–H groups in total. The van der Waals surface area contributed by atoms with Crippen molar-refractivity contribution in [3.05, 3.63) is 54.4 Å². The van der Waals surface area contributed by atoms with Crippen LogP contribution in [-0.4, -0.2) is 46.3 Å². The average Bonchev–Trinajstić information content (AvgIpc) is 3.09. The van der Waals surface area contributed by atoms with Crippen LogP contribution in [0.1, 0.15) is 38.8 Å². The maximum atomic E-state index is 13.0. The van der Waals surface area contributed by atoms with Crippen molar-refractivity contribution >= 4 is 5.91 Å². The molecule has 26 heavy (non-hydrogen) atoms. The van der Waals surface area contributed by atoms with Crippen LogP contribution in [0.4, 0.5) is 0 Å². The molecule has 1 fully saturated rings. The van der Waals surface area contributed by atoms with Gasteiger partial charge < -0.3 is 10.2 Å². The van der Waals surface area contributed by atoms with E-state index in [1.54, 1.807) is 10.9 Å². The van der Waals surface area contributed by atoms with Crippen LogP contribution >= 0.6 is 0 Å². The fourth-order valence-electron chi connectivity index (χ4n) is 4.19. The third-order valence-corrected chi connectivity index (χ3v) is 5.02. The second kappa shape index (κ2) is 8.49. The smallest absolute Gasteiger partial charge is 0.249 e. The Balaban J connectivity index is 1.66. The Morgan fingerprint density at radius 2 is 1.88 bits per heavy atom. The van der Waals surface area contributed by atoms with Crippen LogP contribution < -0.4 is 5.32 Å². The van der Waals surface area contributed by atoms with Crippen LogP contribution in [-0.2, 0) is 4.79 Å². The van der Waals surface area contributed by atoms with Crippen LogP contribution in [0.3, 0.4) is 0 Å². The van der Waals surface area contributed by atoms with Crippen molar-refractivity contribution in [2.75, 3.05) is 19.6 Å². The zero-order chi connectivity index (χ0) is 18.5. The Bertz CT molecular complexity index is 675. The summed E-state index contributed by atoms with van der Waals surface area (Å²) < 4.78 is 1.72. The highest BCUT2D eigenvalue weighted by Crippen LogP contribution is 2.21. The van der Waals surface area contributed by atoms with Crippen LogP contribution in [0.15, 0.2) is 48.8 Å². The van der Waals surface area contributed by atoms with E-state index in [4.69, 9.17) is 0 Å². The Kier molecular flexibility index (Phi) is 6.09. The number of nitrogens with one attached hydrogen (secondary N) is 1. The van der Waals surface area contributed by atoms with E-state index < -0.39 is 6.04 Å². The number of hydrogen-bond donors (Lipinski definition) is 1. The Labute approximate surface area is 156 Å². The molecule has 1 saturated heterocycles. The molecule has 4 atom stereocenters. The standard InChI is InChI=1S/C21H30N4O/c1-16-12-17(2)14-24(13-16)15-18(3)23-21(26)20(25-11-7-10-22-25)19-8-5-4-6-9-19/h4-11,16-18,20H,12-15H2,1-3H3,(H,23,26). The molecule has 1 aromatic heterocycles. The summed E-state index contributed by atoms with van der Waals surface area (Å²) in [5.74, 6) is 1.44. The number of likely N-dealkylation sites (tertiary alicyclic amines) is 1. The zero-order valence-corrected chi connectivity index (χ0v) is 16.0. The largest absolute Gasteiger partial charge is 0.350 e. The lowest BCUT2D eigenvalue weighted by atomic mass is 9.91. The molecule has 1 aliphatic heterocycles. The lowest BCUT2D eigenvalue weighted by molar-refractivity contribution is -0.124. The third kappa shape index (κ3) is 4.73. The van der Waals surface area contributed by atoms with Crippen LogP contribution in [0.5, 0.6) is 0 Å². The topological polar surface area (TPSA) is 50.2 Å². The van der Waals surface area contributed by atoms with Gasteiger partial charge in [0, 0.05) is 38.1 Å². The molecule has 5 nitrogen and oxygen atoms in total. The van der Waals surface area contributed by atoms with Gasteiger partial charge in [0.15, 0.2) is 6.04 Å². The molecule has 2 heterocycles. The normalized spacial score (nSPS) is 23.3. The number of rotatable bonds is 6. The van der Waals surface area contributed by atoms with E-state index in [9.17, 15) is 4.79 Å². The van der Waals surface area contributed by atoms with Crippen molar-refractivity contribution in [2.45, 2.75) is 39.3 Å². The maximum Gasteiger partial charge on any atom is 0.249 e. The van der Waals surface area contributed by atoms with E-state index >= 15 is 0 Å².